The molecule has 0 bridgehead atoms. The lowest BCUT2D eigenvalue weighted by molar-refractivity contribution is 0.164. The summed E-state index contributed by atoms with van der Waals surface area (Å²) in [6.07, 6.45) is 3.16. The first-order valence-electron chi connectivity index (χ1n) is 7.36. The van der Waals surface area contributed by atoms with Crippen LogP contribution in [0.5, 0.6) is 0 Å². The highest BCUT2D eigenvalue weighted by atomic mass is 19.1. The molecule has 106 valence electrons. The van der Waals surface area contributed by atoms with Gasteiger partial charge in [0.25, 0.3) is 0 Å². The molecule has 2 N–H and O–H groups in total. The van der Waals surface area contributed by atoms with E-state index in [-0.39, 0.29) is 11.9 Å². The Balaban J connectivity index is 1.99. The van der Waals surface area contributed by atoms with Gasteiger partial charge in [-0.3, -0.25) is 4.90 Å². The van der Waals surface area contributed by atoms with E-state index in [1.54, 1.807) is 12.1 Å². The number of piperidine rings is 1. The van der Waals surface area contributed by atoms with Crippen LogP contribution in [0.3, 0.4) is 0 Å². The molecule has 0 aromatic heterocycles. The van der Waals surface area contributed by atoms with Crippen LogP contribution >= 0.6 is 0 Å². The van der Waals surface area contributed by atoms with E-state index in [4.69, 9.17) is 5.73 Å². The van der Waals surface area contributed by atoms with E-state index in [1.807, 2.05) is 6.07 Å². The molecule has 1 saturated heterocycles. The normalized spacial score (nSPS) is 19.6. The van der Waals surface area contributed by atoms with Crippen molar-refractivity contribution in [3.8, 4) is 0 Å². The number of nitrogens with two attached hydrogens (primary N) is 1. The standard InChI is InChI=1S/C16H25FN2/c1-3-13-5-4-6-16(17)15(13)11-19-9-7-14(8-10-19)12(2)18/h4-6,12,14H,3,7-11,18H2,1-2H3. The summed E-state index contributed by atoms with van der Waals surface area (Å²) >= 11 is 0. The van der Waals surface area contributed by atoms with Crippen molar-refractivity contribution in [2.45, 2.75) is 45.7 Å². The maximum absolute atomic E-state index is 14.0. The Morgan fingerprint density at radius 1 is 1.37 bits per heavy atom. The van der Waals surface area contributed by atoms with Gasteiger partial charge in [0.05, 0.1) is 0 Å². The highest BCUT2D eigenvalue weighted by Gasteiger charge is 2.22. The Kier molecular flexibility index (Phi) is 4.94. The van der Waals surface area contributed by atoms with Crippen LogP contribution < -0.4 is 5.73 Å². The molecule has 0 radical (unpaired) electrons. The number of hydrogen-bond acceptors (Lipinski definition) is 2. The van der Waals surface area contributed by atoms with Gasteiger partial charge in [0.15, 0.2) is 0 Å². The second kappa shape index (κ2) is 6.49. The molecule has 19 heavy (non-hydrogen) atoms. The highest BCUT2D eigenvalue weighted by Crippen LogP contribution is 2.23. The first-order valence-corrected chi connectivity index (χ1v) is 7.36. The SMILES string of the molecule is CCc1cccc(F)c1CN1CCC(C(C)N)CC1. The molecule has 0 aliphatic carbocycles. The minimum Gasteiger partial charge on any atom is -0.328 e. The molecule has 3 heteroatoms. The van der Waals surface area contributed by atoms with Crippen LogP contribution in [0.4, 0.5) is 4.39 Å². The lowest BCUT2D eigenvalue weighted by Crippen LogP contribution is -2.39. The zero-order chi connectivity index (χ0) is 13.8. The van der Waals surface area contributed by atoms with Crippen molar-refractivity contribution in [3.05, 3.63) is 35.1 Å². The van der Waals surface area contributed by atoms with Crippen LogP contribution in [0, 0.1) is 11.7 Å². The molecule has 1 aliphatic heterocycles. The summed E-state index contributed by atoms with van der Waals surface area (Å²) in [5.41, 5.74) is 7.97. The second-order valence-corrected chi connectivity index (χ2v) is 5.70. The average molecular weight is 264 g/mol. The van der Waals surface area contributed by atoms with Gasteiger partial charge in [-0.05, 0) is 56.8 Å². The van der Waals surface area contributed by atoms with Crippen molar-refractivity contribution < 1.29 is 4.39 Å². The van der Waals surface area contributed by atoms with Gasteiger partial charge in [-0.1, -0.05) is 19.1 Å². The van der Waals surface area contributed by atoms with E-state index >= 15 is 0 Å². The third-order valence-electron chi connectivity index (χ3n) is 4.35. The Morgan fingerprint density at radius 3 is 2.63 bits per heavy atom. The van der Waals surface area contributed by atoms with E-state index in [9.17, 15) is 4.39 Å². The van der Waals surface area contributed by atoms with Crippen LogP contribution in [0.2, 0.25) is 0 Å². The molecule has 0 spiro atoms. The fraction of sp³-hybridized carbons (Fsp3) is 0.625. The molecule has 1 fully saturated rings. The maximum atomic E-state index is 14.0. The van der Waals surface area contributed by atoms with E-state index in [2.05, 4.69) is 18.7 Å². The molecule has 1 unspecified atom stereocenters. The molecule has 1 aliphatic rings. The fourth-order valence-electron chi connectivity index (χ4n) is 2.97. The number of nitrogens with zero attached hydrogens (tertiary/aromatic N) is 1. The third kappa shape index (κ3) is 3.54. The molecule has 1 aromatic carbocycles. The molecule has 0 amide bonds. The van der Waals surface area contributed by atoms with Gasteiger partial charge in [-0.15, -0.1) is 0 Å². The van der Waals surface area contributed by atoms with Gasteiger partial charge in [-0.2, -0.15) is 0 Å². The van der Waals surface area contributed by atoms with Crippen molar-refractivity contribution in [1.29, 1.82) is 0 Å². The molecule has 1 atom stereocenters. The van der Waals surface area contributed by atoms with Crippen molar-refractivity contribution in [3.63, 3.8) is 0 Å². The van der Waals surface area contributed by atoms with E-state index < -0.39 is 0 Å². The molecule has 1 heterocycles. The van der Waals surface area contributed by atoms with Crippen LogP contribution in [-0.2, 0) is 13.0 Å². The molecule has 2 rings (SSSR count). The number of likely N-dealkylation sites (tertiary alicyclic amines) is 1. The zero-order valence-corrected chi connectivity index (χ0v) is 12.0. The monoisotopic (exact) mass is 264 g/mol. The molecular weight excluding hydrogens is 239 g/mol. The zero-order valence-electron chi connectivity index (χ0n) is 12.0. The highest BCUT2D eigenvalue weighted by molar-refractivity contribution is 5.28. The Morgan fingerprint density at radius 2 is 2.05 bits per heavy atom. The van der Waals surface area contributed by atoms with E-state index in [1.165, 1.54) is 0 Å². The number of hydrogen-bond donors (Lipinski definition) is 1. The summed E-state index contributed by atoms with van der Waals surface area (Å²) in [5.74, 6) is 0.566. The summed E-state index contributed by atoms with van der Waals surface area (Å²) in [4.78, 5) is 2.36. The molecule has 0 saturated carbocycles. The van der Waals surface area contributed by atoms with Crippen LogP contribution in [-0.4, -0.2) is 24.0 Å². The van der Waals surface area contributed by atoms with Gasteiger partial charge in [0.1, 0.15) is 5.82 Å². The number of benzene rings is 1. The van der Waals surface area contributed by atoms with E-state index in [0.29, 0.717) is 5.92 Å². The van der Waals surface area contributed by atoms with Gasteiger partial charge >= 0.3 is 0 Å². The van der Waals surface area contributed by atoms with Crippen LogP contribution in [0.15, 0.2) is 18.2 Å². The summed E-state index contributed by atoms with van der Waals surface area (Å²) in [5, 5.41) is 0. The Bertz CT molecular complexity index is 409. The molecule has 2 nitrogen and oxygen atoms in total. The lowest BCUT2D eigenvalue weighted by Gasteiger charge is -2.34. The topological polar surface area (TPSA) is 29.3 Å². The van der Waals surface area contributed by atoms with Crippen LogP contribution in [0.25, 0.3) is 0 Å². The smallest absolute Gasteiger partial charge is 0.127 e. The Labute approximate surface area is 115 Å². The number of aryl methyl sites for hydroxylation is 1. The number of rotatable bonds is 4. The van der Waals surface area contributed by atoms with Crippen molar-refractivity contribution in [2.24, 2.45) is 11.7 Å². The first kappa shape index (κ1) is 14.5. The van der Waals surface area contributed by atoms with Gasteiger partial charge in [-0.25, -0.2) is 4.39 Å². The molecule has 1 aromatic rings. The predicted octanol–water partition coefficient (Wildman–Crippen LogP) is 2.95. The van der Waals surface area contributed by atoms with Crippen LogP contribution in [0.1, 0.15) is 37.8 Å². The summed E-state index contributed by atoms with van der Waals surface area (Å²) in [7, 11) is 0. The lowest BCUT2D eigenvalue weighted by atomic mass is 9.90. The summed E-state index contributed by atoms with van der Waals surface area (Å²) < 4.78 is 14.0. The fourth-order valence-corrected chi connectivity index (χ4v) is 2.97. The van der Waals surface area contributed by atoms with Crippen molar-refractivity contribution >= 4 is 0 Å². The molecular formula is C16H25FN2. The third-order valence-corrected chi connectivity index (χ3v) is 4.35. The first-order chi connectivity index (χ1) is 9.11. The van der Waals surface area contributed by atoms with Gasteiger partial charge < -0.3 is 5.73 Å². The van der Waals surface area contributed by atoms with Crippen molar-refractivity contribution in [2.75, 3.05) is 13.1 Å². The van der Waals surface area contributed by atoms with Crippen molar-refractivity contribution in [1.82, 2.24) is 4.90 Å². The largest absolute Gasteiger partial charge is 0.328 e. The minimum absolute atomic E-state index is 0.0614. The predicted molar refractivity (Wildman–Crippen MR) is 77.4 cm³/mol. The Hall–Kier alpha value is -0.930. The quantitative estimate of drug-likeness (QED) is 0.906. The summed E-state index contributed by atoms with van der Waals surface area (Å²) in [6.45, 7) is 6.97. The average Bonchev–Trinajstić information content (AvgIpc) is 2.41. The van der Waals surface area contributed by atoms with Gasteiger partial charge in [0, 0.05) is 18.2 Å². The minimum atomic E-state index is -0.0614. The van der Waals surface area contributed by atoms with Gasteiger partial charge in [0.2, 0.25) is 0 Å². The summed E-state index contributed by atoms with van der Waals surface area (Å²) in [6, 6.07) is 5.69. The second-order valence-electron chi connectivity index (χ2n) is 5.70. The number of halogens is 1. The maximum Gasteiger partial charge on any atom is 0.127 e. The van der Waals surface area contributed by atoms with E-state index in [0.717, 1.165) is 50.0 Å².